The minimum absolute atomic E-state index is 0.0255. The van der Waals surface area contributed by atoms with Crippen LogP contribution < -0.4 is 5.32 Å². The maximum absolute atomic E-state index is 12.6. The van der Waals surface area contributed by atoms with Crippen LogP contribution in [0, 0.1) is 5.92 Å². The SMILES string of the molecule is CC(C)(C)OC(=O)NC1CCC(c2nnc(C3CC(C(F)(F)F)C3)o2)CC1. The fraction of sp³-hybridized carbons (Fsp3) is 0.833. The lowest BCUT2D eigenvalue weighted by atomic mass is 9.74. The molecule has 6 nitrogen and oxygen atoms in total. The third-order valence-electron chi connectivity index (χ3n) is 5.20. The first kappa shape index (κ1) is 19.9. The third-order valence-corrected chi connectivity index (χ3v) is 5.20. The molecule has 0 spiro atoms. The Labute approximate surface area is 156 Å². The highest BCUT2D eigenvalue weighted by atomic mass is 19.4. The maximum Gasteiger partial charge on any atom is 0.407 e. The van der Waals surface area contributed by atoms with Crippen molar-refractivity contribution in [1.82, 2.24) is 15.5 Å². The van der Waals surface area contributed by atoms with E-state index in [4.69, 9.17) is 9.15 Å². The molecule has 0 unspecified atom stereocenters. The van der Waals surface area contributed by atoms with Gasteiger partial charge in [-0.05, 0) is 59.3 Å². The maximum atomic E-state index is 12.6. The zero-order chi connectivity index (χ0) is 19.8. The van der Waals surface area contributed by atoms with Gasteiger partial charge in [0, 0.05) is 17.9 Å². The Bertz CT molecular complexity index is 655. The van der Waals surface area contributed by atoms with Crippen molar-refractivity contribution in [3.8, 4) is 0 Å². The number of alkyl halides is 3. The Morgan fingerprint density at radius 1 is 1.04 bits per heavy atom. The largest absolute Gasteiger partial charge is 0.444 e. The molecule has 9 heteroatoms. The summed E-state index contributed by atoms with van der Waals surface area (Å²) in [4.78, 5) is 11.8. The summed E-state index contributed by atoms with van der Waals surface area (Å²) in [7, 11) is 0. The molecule has 3 rings (SSSR count). The lowest BCUT2D eigenvalue weighted by molar-refractivity contribution is -0.198. The molecule has 0 aliphatic heterocycles. The number of alkyl carbamates (subject to hydrolysis) is 1. The highest BCUT2D eigenvalue weighted by molar-refractivity contribution is 5.68. The minimum Gasteiger partial charge on any atom is -0.444 e. The molecule has 2 saturated carbocycles. The van der Waals surface area contributed by atoms with Crippen LogP contribution in [0.5, 0.6) is 0 Å². The Morgan fingerprint density at radius 2 is 1.59 bits per heavy atom. The average molecular weight is 389 g/mol. The second kappa shape index (κ2) is 7.31. The molecule has 0 bridgehead atoms. The number of amides is 1. The fourth-order valence-electron chi connectivity index (χ4n) is 3.62. The van der Waals surface area contributed by atoms with Crippen LogP contribution in [0.2, 0.25) is 0 Å². The van der Waals surface area contributed by atoms with Gasteiger partial charge in [-0.2, -0.15) is 13.2 Å². The first-order chi connectivity index (χ1) is 12.5. The first-order valence-corrected chi connectivity index (χ1v) is 9.41. The van der Waals surface area contributed by atoms with Crippen molar-refractivity contribution >= 4 is 6.09 Å². The van der Waals surface area contributed by atoms with Crippen LogP contribution in [0.15, 0.2) is 4.42 Å². The number of nitrogens with one attached hydrogen (secondary N) is 1. The smallest absolute Gasteiger partial charge is 0.407 e. The fourth-order valence-corrected chi connectivity index (χ4v) is 3.62. The Balaban J connectivity index is 1.45. The topological polar surface area (TPSA) is 77.2 Å². The predicted molar refractivity (Wildman–Crippen MR) is 90.2 cm³/mol. The number of halogens is 3. The molecule has 2 aliphatic carbocycles. The van der Waals surface area contributed by atoms with E-state index in [2.05, 4.69) is 15.5 Å². The van der Waals surface area contributed by atoms with Crippen molar-refractivity contribution in [3.63, 3.8) is 0 Å². The molecule has 1 heterocycles. The van der Waals surface area contributed by atoms with E-state index < -0.39 is 23.8 Å². The van der Waals surface area contributed by atoms with Gasteiger partial charge in [0.15, 0.2) is 0 Å². The number of rotatable bonds is 3. The summed E-state index contributed by atoms with van der Waals surface area (Å²) in [5, 5.41) is 10.9. The predicted octanol–water partition coefficient (Wildman–Crippen LogP) is 4.68. The molecule has 2 aliphatic rings. The van der Waals surface area contributed by atoms with E-state index in [1.54, 1.807) is 0 Å². The summed E-state index contributed by atoms with van der Waals surface area (Å²) in [5.41, 5.74) is -0.534. The van der Waals surface area contributed by atoms with Crippen LogP contribution in [0.1, 0.15) is 82.9 Å². The van der Waals surface area contributed by atoms with Crippen LogP contribution >= 0.6 is 0 Å². The number of nitrogens with zero attached hydrogens (tertiary/aromatic N) is 2. The molecule has 0 saturated heterocycles. The molecule has 27 heavy (non-hydrogen) atoms. The Hall–Kier alpha value is -1.80. The van der Waals surface area contributed by atoms with Crippen molar-refractivity contribution in [2.45, 2.75) is 89.0 Å². The third kappa shape index (κ3) is 5.13. The number of hydrogen-bond acceptors (Lipinski definition) is 5. The van der Waals surface area contributed by atoms with Gasteiger partial charge in [0.2, 0.25) is 11.8 Å². The minimum atomic E-state index is -4.14. The van der Waals surface area contributed by atoms with Gasteiger partial charge in [-0.1, -0.05) is 0 Å². The van der Waals surface area contributed by atoms with Gasteiger partial charge >= 0.3 is 12.3 Å². The van der Waals surface area contributed by atoms with E-state index in [-0.39, 0.29) is 30.7 Å². The van der Waals surface area contributed by atoms with Crippen LogP contribution in [0.25, 0.3) is 0 Å². The Kier molecular flexibility index (Phi) is 5.40. The van der Waals surface area contributed by atoms with Crippen LogP contribution in [0.3, 0.4) is 0 Å². The summed E-state index contributed by atoms with van der Waals surface area (Å²) >= 11 is 0. The first-order valence-electron chi connectivity index (χ1n) is 9.41. The number of aromatic nitrogens is 2. The Morgan fingerprint density at radius 3 is 2.11 bits per heavy atom. The summed E-state index contributed by atoms with van der Waals surface area (Å²) in [6, 6.07) is 0.0395. The number of carbonyl (C=O) groups excluding carboxylic acids is 1. The molecule has 1 N–H and O–H groups in total. The highest BCUT2D eigenvalue weighted by Gasteiger charge is 2.49. The number of ether oxygens (including phenoxy) is 1. The average Bonchev–Trinajstić information content (AvgIpc) is 2.92. The summed E-state index contributed by atoms with van der Waals surface area (Å²) in [5.74, 6) is -0.646. The van der Waals surface area contributed by atoms with Crippen molar-refractivity contribution in [2.75, 3.05) is 0 Å². The van der Waals surface area contributed by atoms with Gasteiger partial charge in [-0.3, -0.25) is 0 Å². The van der Waals surface area contributed by atoms with Crippen LogP contribution in [-0.4, -0.2) is 34.1 Å². The summed E-state index contributed by atoms with van der Waals surface area (Å²) in [6.45, 7) is 5.45. The number of carbonyl (C=O) groups is 1. The second-order valence-corrected chi connectivity index (χ2v) is 8.58. The van der Waals surface area contributed by atoms with Gasteiger partial charge in [0.25, 0.3) is 0 Å². The zero-order valence-corrected chi connectivity index (χ0v) is 15.8. The van der Waals surface area contributed by atoms with E-state index in [1.807, 2.05) is 20.8 Å². The van der Waals surface area contributed by atoms with Gasteiger partial charge in [0.1, 0.15) is 5.60 Å². The van der Waals surface area contributed by atoms with E-state index >= 15 is 0 Å². The number of hydrogen-bond donors (Lipinski definition) is 1. The molecular formula is C18H26F3N3O3. The normalized spacial score (nSPS) is 29.1. The van der Waals surface area contributed by atoms with E-state index in [0.717, 1.165) is 25.7 Å². The molecule has 0 radical (unpaired) electrons. The molecular weight excluding hydrogens is 363 g/mol. The summed E-state index contributed by atoms with van der Waals surface area (Å²) in [6.07, 6.45) is -1.43. The lowest BCUT2D eigenvalue weighted by Gasteiger charge is -2.34. The van der Waals surface area contributed by atoms with Gasteiger partial charge in [0.05, 0.1) is 5.92 Å². The molecule has 1 aromatic heterocycles. The van der Waals surface area contributed by atoms with Gasteiger partial charge in [-0.15, -0.1) is 10.2 Å². The van der Waals surface area contributed by atoms with Gasteiger partial charge in [-0.25, -0.2) is 4.79 Å². The molecule has 152 valence electrons. The van der Waals surface area contributed by atoms with Crippen molar-refractivity contribution in [2.24, 2.45) is 5.92 Å². The van der Waals surface area contributed by atoms with E-state index in [0.29, 0.717) is 11.8 Å². The standard InChI is InChI=1S/C18H26F3N3O3/c1-17(2,3)27-16(25)22-13-6-4-10(5-7-13)14-23-24-15(26-14)11-8-12(9-11)18(19,20)21/h10-13H,4-9H2,1-3H3,(H,22,25). The van der Waals surface area contributed by atoms with Crippen molar-refractivity contribution < 1.29 is 27.1 Å². The van der Waals surface area contributed by atoms with E-state index in [1.165, 1.54) is 0 Å². The van der Waals surface area contributed by atoms with Crippen LogP contribution in [0.4, 0.5) is 18.0 Å². The molecule has 1 aromatic rings. The summed E-state index contributed by atoms with van der Waals surface area (Å²) < 4.78 is 48.7. The molecule has 1 amide bonds. The van der Waals surface area contributed by atoms with Gasteiger partial charge < -0.3 is 14.5 Å². The van der Waals surface area contributed by atoms with E-state index in [9.17, 15) is 18.0 Å². The van der Waals surface area contributed by atoms with Crippen molar-refractivity contribution in [1.29, 1.82) is 0 Å². The molecule has 0 aromatic carbocycles. The van der Waals surface area contributed by atoms with Crippen molar-refractivity contribution in [3.05, 3.63) is 11.8 Å². The lowest BCUT2D eigenvalue weighted by Crippen LogP contribution is -2.40. The second-order valence-electron chi connectivity index (χ2n) is 8.58. The quantitative estimate of drug-likeness (QED) is 0.812. The highest BCUT2D eigenvalue weighted by Crippen LogP contribution is 2.49. The van der Waals surface area contributed by atoms with Crippen LogP contribution in [-0.2, 0) is 4.74 Å². The molecule has 2 fully saturated rings. The molecule has 0 atom stereocenters. The monoisotopic (exact) mass is 389 g/mol. The zero-order valence-electron chi connectivity index (χ0n) is 15.8.